The number of carbonyl (C=O) groups excluding carboxylic acids is 1. The van der Waals surface area contributed by atoms with Gasteiger partial charge in [0.15, 0.2) is 0 Å². The lowest BCUT2D eigenvalue weighted by Gasteiger charge is -2.15. The number of benzene rings is 1. The first-order valence-electron chi connectivity index (χ1n) is 6.82. The molecule has 0 aromatic heterocycles. The van der Waals surface area contributed by atoms with Crippen molar-refractivity contribution in [2.45, 2.75) is 31.8 Å². The fourth-order valence-corrected chi connectivity index (χ4v) is 2.33. The molecule has 1 unspecified atom stereocenters. The van der Waals surface area contributed by atoms with Crippen molar-refractivity contribution >= 4 is 5.91 Å². The van der Waals surface area contributed by atoms with Crippen LogP contribution in [0.1, 0.15) is 30.4 Å². The quantitative estimate of drug-likeness (QED) is 0.868. The van der Waals surface area contributed by atoms with E-state index < -0.39 is 0 Å². The molecule has 1 aliphatic heterocycles. The van der Waals surface area contributed by atoms with Crippen LogP contribution in [0.25, 0.3) is 0 Å². The van der Waals surface area contributed by atoms with Gasteiger partial charge in [0.05, 0.1) is 18.7 Å². The lowest BCUT2D eigenvalue weighted by Crippen LogP contribution is -2.42. The van der Waals surface area contributed by atoms with Crippen molar-refractivity contribution in [3.8, 4) is 11.8 Å². The molecule has 2 rings (SSSR count). The molecule has 1 aromatic rings. The third-order valence-corrected chi connectivity index (χ3v) is 3.47. The average Bonchev–Trinajstić information content (AvgIpc) is 2.69. The number of nitrogens with zero attached hydrogens (tertiary/aromatic N) is 1. The molecular formula is C15H19N3O2. The maximum atomic E-state index is 11.8. The number of methoxy groups -OCH3 is 1. The van der Waals surface area contributed by atoms with Gasteiger partial charge in [-0.1, -0.05) is 6.07 Å². The normalized spacial score (nSPS) is 18.8. The molecular weight excluding hydrogens is 254 g/mol. The van der Waals surface area contributed by atoms with Crippen LogP contribution in [0.15, 0.2) is 18.2 Å². The predicted octanol–water partition coefficient (Wildman–Crippen LogP) is 1.33. The zero-order valence-electron chi connectivity index (χ0n) is 11.6. The Morgan fingerprint density at radius 3 is 3.10 bits per heavy atom. The Bertz CT molecular complexity index is 522. The SMILES string of the molecule is COc1ccc(CNC2CCCCNC2=O)cc1C#N. The second-order valence-electron chi connectivity index (χ2n) is 4.87. The molecule has 1 atom stereocenters. The van der Waals surface area contributed by atoms with Crippen molar-refractivity contribution in [2.24, 2.45) is 0 Å². The number of carbonyl (C=O) groups is 1. The van der Waals surface area contributed by atoms with Crippen LogP contribution in [0.2, 0.25) is 0 Å². The molecule has 0 bridgehead atoms. The minimum atomic E-state index is -0.148. The Balaban J connectivity index is 2.00. The van der Waals surface area contributed by atoms with Crippen molar-refractivity contribution in [3.63, 3.8) is 0 Å². The summed E-state index contributed by atoms with van der Waals surface area (Å²) >= 11 is 0. The van der Waals surface area contributed by atoms with Crippen LogP contribution in [0.5, 0.6) is 5.75 Å². The maximum Gasteiger partial charge on any atom is 0.237 e. The zero-order chi connectivity index (χ0) is 14.4. The number of amides is 1. The number of hydrogen-bond acceptors (Lipinski definition) is 4. The van der Waals surface area contributed by atoms with Crippen LogP contribution in [0, 0.1) is 11.3 Å². The second-order valence-corrected chi connectivity index (χ2v) is 4.87. The van der Waals surface area contributed by atoms with Gasteiger partial charge in [0.25, 0.3) is 0 Å². The van der Waals surface area contributed by atoms with Gasteiger partial charge in [0.1, 0.15) is 11.8 Å². The van der Waals surface area contributed by atoms with Gasteiger partial charge < -0.3 is 15.4 Å². The number of hydrogen-bond donors (Lipinski definition) is 2. The van der Waals surface area contributed by atoms with Crippen LogP contribution in [0.3, 0.4) is 0 Å². The van der Waals surface area contributed by atoms with Gasteiger partial charge in [-0.05, 0) is 37.0 Å². The van der Waals surface area contributed by atoms with E-state index in [4.69, 9.17) is 10.00 Å². The summed E-state index contributed by atoms with van der Waals surface area (Å²) in [6.07, 6.45) is 2.93. The standard InChI is InChI=1S/C15H19N3O2/c1-20-14-6-5-11(8-12(14)9-16)10-18-13-4-2-3-7-17-15(13)19/h5-6,8,13,18H,2-4,7,10H2,1H3,(H,17,19). The monoisotopic (exact) mass is 273 g/mol. The molecule has 106 valence electrons. The van der Waals surface area contributed by atoms with Gasteiger partial charge in [0, 0.05) is 13.1 Å². The third-order valence-electron chi connectivity index (χ3n) is 3.47. The highest BCUT2D eigenvalue weighted by atomic mass is 16.5. The molecule has 1 fully saturated rings. The molecule has 0 radical (unpaired) electrons. The molecule has 1 heterocycles. The minimum absolute atomic E-state index is 0.0662. The fraction of sp³-hybridized carbons (Fsp3) is 0.467. The van der Waals surface area contributed by atoms with Gasteiger partial charge in [0.2, 0.25) is 5.91 Å². The Kier molecular flexibility index (Phi) is 4.97. The van der Waals surface area contributed by atoms with E-state index in [0.29, 0.717) is 17.9 Å². The molecule has 1 aliphatic rings. The van der Waals surface area contributed by atoms with Crippen molar-refractivity contribution in [1.29, 1.82) is 5.26 Å². The first kappa shape index (κ1) is 14.4. The average molecular weight is 273 g/mol. The summed E-state index contributed by atoms with van der Waals surface area (Å²) in [7, 11) is 1.55. The Morgan fingerprint density at radius 1 is 1.50 bits per heavy atom. The molecule has 1 amide bonds. The van der Waals surface area contributed by atoms with Crippen LogP contribution in [0.4, 0.5) is 0 Å². The van der Waals surface area contributed by atoms with Crippen molar-refractivity contribution < 1.29 is 9.53 Å². The number of rotatable bonds is 4. The van der Waals surface area contributed by atoms with Crippen molar-refractivity contribution in [3.05, 3.63) is 29.3 Å². The Labute approximate surface area is 118 Å². The molecule has 5 heteroatoms. The lowest BCUT2D eigenvalue weighted by molar-refractivity contribution is -0.122. The smallest absolute Gasteiger partial charge is 0.237 e. The summed E-state index contributed by atoms with van der Waals surface area (Å²) in [4.78, 5) is 11.8. The van der Waals surface area contributed by atoms with Crippen LogP contribution in [-0.4, -0.2) is 25.6 Å². The van der Waals surface area contributed by atoms with Crippen molar-refractivity contribution in [2.75, 3.05) is 13.7 Å². The van der Waals surface area contributed by atoms with Crippen LogP contribution >= 0.6 is 0 Å². The first-order valence-corrected chi connectivity index (χ1v) is 6.82. The molecule has 0 saturated carbocycles. The van der Waals surface area contributed by atoms with Gasteiger partial charge in [-0.25, -0.2) is 0 Å². The maximum absolute atomic E-state index is 11.8. The van der Waals surface area contributed by atoms with Gasteiger partial charge >= 0.3 is 0 Å². The topological polar surface area (TPSA) is 74.2 Å². The van der Waals surface area contributed by atoms with Gasteiger partial charge in [-0.15, -0.1) is 0 Å². The van der Waals surface area contributed by atoms with Crippen LogP contribution < -0.4 is 15.4 Å². The summed E-state index contributed by atoms with van der Waals surface area (Å²) in [5.74, 6) is 0.639. The largest absolute Gasteiger partial charge is 0.495 e. The molecule has 0 aliphatic carbocycles. The summed E-state index contributed by atoms with van der Waals surface area (Å²) < 4.78 is 5.11. The summed E-state index contributed by atoms with van der Waals surface area (Å²) in [6, 6.07) is 7.44. The van der Waals surface area contributed by atoms with Gasteiger partial charge in [-0.3, -0.25) is 4.79 Å². The van der Waals surface area contributed by atoms with E-state index in [2.05, 4.69) is 16.7 Å². The van der Waals surface area contributed by atoms with E-state index in [0.717, 1.165) is 31.4 Å². The van der Waals surface area contributed by atoms with Gasteiger partial charge in [-0.2, -0.15) is 5.26 Å². The van der Waals surface area contributed by atoms with Crippen molar-refractivity contribution in [1.82, 2.24) is 10.6 Å². The first-order chi connectivity index (χ1) is 9.74. The summed E-state index contributed by atoms with van der Waals surface area (Å²) in [5, 5.41) is 15.2. The van der Waals surface area contributed by atoms with E-state index >= 15 is 0 Å². The number of ether oxygens (including phenoxy) is 1. The molecule has 20 heavy (non-hydrogen) atoms. The summed E-state index contributed by atoms with van der Waals surface area (Å²) in [5.41, 5.74) is 1.48. The Morgan fingerprint density at radius 2 is 2.35 bits per heavy atom. The lowest BCUT2D eigenvalue weighted by atomic mass is 10.1. The highest BCUT2D eigenvalue weighted by molar-refractivity contribution is 5.81. The van der Waals surface area contributed by atoms with E-state index in [1.165, 1.54) is 0 Å². The highest BCUT2D eigenvalue weighted by Crippen LogP contribution is 2.19. The summed E-state index contributed by atoms with van der Waals surface area (Å²) in [6.45, 7) is 1.33. The zero-order valence-corrected chi connectivity index (χ0v) is 11.6. The fourth-order valence-electron chi connectivity index (χ4n) is 2.33. The van der Waals surface area contributed by atoms with E-state index in [-0.39, 0.29) is 11.9 Å². The van der Waals surface area contributed by atoms with Crippen LogP contribution in [-0.2, 0) is 11.3 Å². The van der Waals surface area contributed by atoms with E-state index in [9.17, 15) is 4.79 Å². The number of nitrogens with one attached hydrogen (secondary N) is 2. The molecule has 2 N–H and O–H groups in total. The molecule has 1 aromatic carbocycles. The highest BCUT2D eigenvalue weighted by Gasteiger charge is 2.19. The minimum Gasteiger partial charge on any atom is -0.495 e. The van der Waals surface area contributed by atoms with E-state index in [1.54, 1.807) is 19.2 Å². The molecule has 1 saturated heterocycles. The molecule has 0 spiro atoms. The third kappa shape index (κ3) is 3.49. The predicted molar refractivity (Wildman–Crippen MR) is 75.2 cm³/mol. The number of nitriles is 1. The van der Waals surface area contributed by atoms with E-state index in [1.807, 2.05) is 6.07 Å². The second kappa shape index (κ2) is 6.92. The Hall–Kier alpha value is -2.06. The molecule has 5 nitrogen and oxygen atoms in total.